The van der Waals surface area contributed by atoms with Gasteiger partial charge in [0.15, 0.2) is 0 Å². The largest absolute Gasteiger partial charge is 0.487 e. The van der Waals surface area contributed by atoms with Crippen LogP contribution < -0.4 is 0 Å². The van der Waals surface area contributed by atoms with Crippen molar-refractivity contribution in [2.24, 2.45) is 0 Å². The molecule has 0 bridgehead atoms. The Morgan fingerprint density at radius 2 is 1.88 bits per heavy atom. The van der Waals surface area contributed by atoms with E-state index in [-0.39, 0.29) is 5.76 Å². The fraction of sp³-hybridized carbons (Fsp3) is 0.308. The number of ether oxygens (including phenoxy) is 1. The molecular formula is C13H16O3. The lowest BCUT2D eigenvalue weighted by Crippen LogP contribution is -2.08. The number of allylic oxidation sites excluding steroid dienone is 1. The van der Waals surface area contributed by atoms with Gasteiger partial charge in [0.2, 0.25) is 5.76 Å². The van der Waals surface area contributed by atoms with Gasteiger partial charge in [0.1, 0.15) is 0 Å². The summed E-state index contributed by atoms with van der Waals surface area (Å²) in [6.07, 6.45) is 0.631. The van der Waals surface area contributed by atoms with Crippen LogP contribution in [-0.2, 0) is 9.53 Å². The van der Waals surface area contributed by atoms with Gasteiger partial charge in [0.25, 0.3) is 0 Å². The maximum absolute atomic E-state index is 11.1. The summed E-state index contributed by atoms with van der Waals surface area (Å²) in [6.45, 7) is 4.06. The molecule has 1 aromatic rings. The quantitative estimate of drug-likeness (QED) is 0.613. The van der Waals surface area contributed by atoms with Crippen molar-refractivity contribution in [3.05, 3.63) is 41.7 Å². The molecule has 3 heteroatoms. The molecule has 16 heavy (non-hydrogen) atoms. The molecular weight excluding hydrogens is 204 g/mol. The molecule has 0 heterocycles. The Morgan fingerprint density at radius 1 is 1.25 bits per heavy atom. The smallest absolute Gasteiger partial charge is 0.371 e. The van der Waals surface area contributed by atoms with E-state index in [4.69, 9.17) is 9.84 Å². The Hall–Kier alpha value is -1.77. The maximum atomic E-state index is 11.1. The third kappa shape index (κ3) is 2.86. The second-order valence-electron chi connectivity index (χ2n) is 3.27. The molecule has 0 aliphatic rings. The maximum Gasteiger partial charge on any atom is 0.371 e. The molecule has 0 spiro atoms. The van der Waals surface area contributed by atoms with E-state index in [1.54, 1.807) is 6.92 Å². The highest BCUT2D eigenvalue weighted by Crippen LogP contribution is 2.22. The molecule has 0 aromatic heterocycles. The van der Waals surface area contributed by atoms with Crippen molar-refractivity contribution in [3.8, 4) is 0 Å². The predicted octanol–water partition coefficient (Wildman–Crippen LogP) is 2.93. The first-order valence-corrected chi connectivity index (χ1v) is 5.35. The summed E-state index contributed by atoms with van der Waals surface area (Å²) in [7, 11) is 0. The molecule has 0 fully saturated rings. The minimum atomic E-state index is -1.01. The van der Waals surface area contributed by atoms with E-state index in [9.17, 15) is 4.79 Å². The monoisotopic (exact) mass is 220 g/mol. The van der Waals surface area contributed by atoms with Crippen LogP contribution in [0.25, 0.3) is 5.57 Å². The van der Waals surface area contributed by atoms with Gasteiger partial charge < -0.3 is 9.84 Å². The van der Waals surface area contributed by atoms with E-state index in [2.05, 4.69) is 0 Å². The summed E-state index contributed by atoms with van der Waals surface area (Å²) in [4.78, 5) is 11.1. The normalized spacial score (nSPS) is 11.9. The molecule has 0 aliphatic carbocycles. The number of hydrogen-bond donors (Lipinski definition) is 1. The number of carboxylic acids is 1. The van der Waals surface area contributed by atoms with Crippen molar-refractivity contribution < 1.29 is 14.6 Å². The Balaban J connectivity index is 3.20. The van der Waals surface area contributed by atoms with Crippen molar-refractivity contribution in [2.45, 2.75) is 20.3 Å². The highest BCUT2D eigenvalue weighted by molar-refractivity contribution is 5.94. The van der Waals surface area contributed by atoms with E-state index >= 15 is 0 Å². The summed E-state index contributed by atoms with van der Waals surface area (Å²) in [5, 5.41) is 9.08. The highest BCUT2D eigenvalue weighted by atomic mass is 16.5. The first-order chi connectivity index (χ1) is 7.70. The Morgan fingerprint density at radius 3 is 2.31 bits per heavy atom. The Bertz CT molecular complexity index is 379. The molecule has 1 N–H and O–H groups in total. The zero-order chi connectivity index (χ0) is 12.0. The number of hydrogen-bond acceptors (Lipinski definition) is 2. The van der Waals surface area contributed by atoms with Gasteiger partial charge in [0.05, 0.1) is 6.61 Å². The summed E-state index contributed by atoms with van der Waals surface area (Å²) < 4.78 is 5.19. The molecule has 0 saturated heterocycles. The average molecular weight is 220 g/mol. The van der Waals surface area contributed by atoms with Gasteiger partial charge in [-0.3, -0.25) is 0 Å². The SMILES string of the molecule is CCOC(C(=O)O)=C(CC)c1ccccc1. The van der Waals surface area contributed by atoms with Crippen LogP contribution in [0.5, 0.6) is 0 Å². The van der Waals surface area contributed by atoms with E-state index in [0.29, 0.717) is 13.0 Å². The summed E-state index contributed by atoms with van der Waals surface area (Å²) in [5.41, 5.74) is 1.63. The van der Waals surface area contributed by atoms with Crippen molar-refractivity contribution >= 4 is 11.5 Å². The molecule has 0 amide bonds. The van der Waals surface area contributed by atoms with Crippen LogP contribution in [0, 0.1) is 0 Å². The summed E-state index contributed by atoms with van der Waals surface area (Å²) in [6, 6.07) is 9.45. The number of carbonyl (C=O) groups is 1. The lowest BCUT2D eigenvalue weighted by atomic mass is 10.0. The first-order valence-electron chi connectivity index (χ1n) is 5.35. The zero-order valence-electron chi connectivity index (χ0n) is 9.56. The van der Waals surface area contributed by atoms with E-state index < -0.39 is 5.97 Å². The molecule has 1 aromatic carbocycles. The van der Waals surface area contributed by atoms with Gasteiger partial charge in [-0.05, 0) is 18.9 Å². The topological polar surface area (TPSA) is 46.5 Å². The Kier molecular flexibility index (Phi) is 4.58. The van der Waals surface area contributed by atoms with Crippen molar-refractivity contribution in [2.75, 3.05) is 6.61 Å². The number of aliphatic carboxylic acids is 1. The second kappa shape index (κ2) is 5.95. The number of rotatable bonds is 5. The molecule has 86 valence electrons. The lowest BCUT2D eigenvalue weighted by molar-refractivity contribution is -0.136. The predicted molar refractivity (Wildman–Crippen MR) is 62.9 cm³/mol. The first kappa shape index (κ1) is 12.3. The van der Waals surface area contributed by atoms with Crippen LogP contribution in [0.1, 0.15) is 25.8 Å². The Labute approximate surface area is 95.4 Å². The van der Waals surface area contributed by atoms with Crippen LogP contribution in [0.4, 0.5) is 0 Å². The molecule has 0 saturated carbocycles. The van der Waals surface area contributed by atoms with Crippen LogP contribution in [0.3, 0.4) is 0 Å². The standard InChI is InChI=1S/C13H16O3/c1-3-11(10-8-6-5-7-9-10)12(13(14)15)16-4-2/h5-9H,3-4H2,1-2H3,(H,14,15). The summed E-state index contributed by atoms with van der Waals surface area (Å²) >= 11 is 0. The fourth-order valence-corrected chi connectivity index (χ4v) is 1.56. The van der Waals surface area contributed by atoms with Gasteiger partial charge in [-0.1, -0.05) is 37.3 Å². The van der Waals surface area contributed by atoms with Crippen molar-refractivity contribution in [1.82, 2.24) is 0 Å². The van der Waals surface area contributed by atoms with Crippen LogP contribution in [-0.4, -0.2) is 17.7 Å². The highest BCUT2D eigenvalue weighted by Gasteiger charge is 2.15. The van der Waals surface area contributed by atoms with Gasteiger partial charge in [-0.15, -0.1) is 0 Å². The molecule has 0 atom stereocenters. The third-order valence-electron chi connectivity index (χ3n) is 2.23. The van der Waals surface area contributed by atoms with Crippen molar-refractivity contribution in [3.63, 3.8) is 0 Å². The molecule has 3 nitrogen and oxygen atoms in total. The van der Waals surface area contributed by atoms with E-state index in [1.807, 2.05) is 37.3 Å². The van der Waals surface area contributed by atoms with Gasteiger partial charge in [-0.2, -0.15) is 0 Å². The minimum Gasteiger partial charge on any atom is -0.487 e. The summed E-state index contributed by atoms with van der Waals surface area (Å²) in [5.74, 6) is -0.959. The van der Waals surface area contributed by atoms with E-state index in [1.165, 1.54) is 0 Å². The third-order valence-corrected chi connectivity index (χ3v) is 2.23. The molecule has 0 unspecified atom stereocenters. The second-order valence-corrected chi connectivity index (χ2v) is 3.27. The van der Waals surface area contributed by atoms with Gasteiger partial charge >= 0.3 is 5.97 Å². The van der Waals surface area contributed by atoms with Gasteiger partial charge in [0, 0.05) is 5.57 Å². The number of benzene rings is 1. The molecule has 1 rings (SSSR count). The molecule has 0 radical (unpaired) electrons. The van der Waals surface area contributed by atoms with Gasteiger partial charge in [-0.25, -0.2) is 4.79 Å². The van der Waals surface area contributed by atoms with Crippen LogP contribution in [0.15, 0.2) is 36.1 Å². The zero-order valence-corrected chi connectivity index (χ0v) is 9.56. The lowest BCUT2D eigenvalue weighted by Gasteiger charge is -2.11. The van der Waals surface area contributed by atoms with Crippen LogP contribution in [0.2, 0.25) is 0 Å². The average Bonchev–Trinajstić information content (AvgIpc) is 2.30. The minimum absolute atomic E-state index is 0.0520. The number of carboxylic acid groups (broad SMARTS) is 1. The van der Waals surface area contributed by atoms with Crippen LogP contribution >= 0.6 is 0 Å². The fourth-order valence-electron chi connectivity index (χ4n) is 1.56. The van der Waals surface area contributed by atoms with E-state index in [0.717, 1.165) is 11.1 Å². The van der Waals surface area contributed by atoms with Crippen molar-refractivity contribution in [1.29, 1.82) is 0 Å². The molecule has 0 aliphatic heterocycles.